The Morgan fingerprint density at radius 3 is 2.42 bits per heavy atom. The van der Waals surface area contributed by atoms with Gasteiger partial charge in [-0.25, -0.2) is 0 Å². The molecule has 0 heterocycles. The van der Waals surface area contributed by atoms with E-state index >= 15 is 0 Å². The lowest BCUT2D eigenvalue weighted by atomic mass is 10.0. The van der Waals surface area contributed by atoms with Crippen molar-refractivity contribution in [3.63, 3.8) is 0 Å². The smallest absolute Gasteiger partial charge is 0.237 e. The fraction of sp³-hybridized carbons (Fsp3) is 0.533. The summed E-state index contributed by atoms with van der Waals surface area (Å²) >= 11 is 0. The Balaban J connectivity index is 2.46. The minimum Gasteiger partial charge on any atom is -0.353 e. The monoisotopic (exact) mass is 263 g/mol. The first-order chi connectivity index (χ1) is 8.83. The average molecular weight is 263 g/mol. The molecule has 3 N–H and O–H groups in total. The number of carbonyl (C=O) groups is 1. The molecule has 0 saturated heterocycles. The highest BCUT2D eigenvalue weighted by molar-refractivity contribution is 5.81. The Morgan fingerprint density at radius 1 is 1.32 bits per heavy atom. The lowest BCUT2D eigenvalue weighted by molar-refractivity contribution is -0.122. The van der Waals surface area contributed by atoms with Crippen LogP contribution >= 0.6 is 0 Å². The van der Waals surface area contributed by atoms with E-state index in [0.717, 1.165) is 5.56 Å². The van der Waals surface area contributed by atoms with Gasteiger partial charge in [0.25, 0.3) is 0 Å². The van der Waals surface area contributed by atoms with E-state index in [9.17, 15) is 4.79 Å². The van der Waals surface area contributed by atoms with Crippen molar-refractivity contribution in [2.24, 2.45) is 5.73 Å². The number of nitrogens with one attached hydrogen (secondary N) is 1. The van der Waals surface area contributed by atoms with Crippen molar-refractivity contribution in [2.75, 3.05) is 20.6 Å². The van der Waals surface area contributed by atoms with E-state index in [2.05, 4.69) is 24.1 Å². The van der Waals surface area contributed by atoms with E-state index in [4.69, 9.17) is 5.73 Å². The number of rotatable bonds is 6. The lowest BCUT2D eigenvalue weighted by Crippen LogP contribution is -2.51. The third kappa shape index (κ3) is 5.01. The van der Waals surface area contributed by atoms with E-state index in [0.29, 0.717) is 13.0 Å². The topological polar surface area (TPSA) is 58.4 Å². The maximum Gasteiger partial charge on any atom is 0.237 e. The Bertz CT molecular complexity index is 401. The van der Waals surface area contributed by atoms with Crippen LogP contribution in [0.1, 0.15) is 19.4 Å². The predicted molar refractivity (Wildman–Crippen MR) is 78.9 cm³/mol. The third-order valence-corrected chi connectivity index (χ3v) is 3.54. The molecule has 4 heteroatoms. The molecular formula is C15H25N3O. The first-order valence-electron chi connectivity index (χ1n) is 6.57. The number of hydrogen-bond acceptors (Lipinski definition) is 3. The molecular weight excluding hydrogens is 238 g/mol. The maximum absolute atomic E-state index is 12.0. The number of amides is 1. The predicted octanol–water partition coefficient (Wildman–Crippen LogP) is 1.01. The van der Waals surface area contributed by atoms with Gasteiger partial charge in [0.2, 0.25) is 5.91 Å². The zero-order valence-electron chi connectivity index (χ0n) is 12.3. The number of carbonyl (C=O) groups excluding carboxylic acids is 1. The summed E-state index contributed by atoms with van der Waals surface area (Å²) < 4.78 is 0. The summed E-state index contributed by atoms with van der Waals surface area (Å²) in [4.78, 5) is 14.0. The van der Waals surface area contributed by atoms with E-state index in [-0.39, 0.29) is 11.4 Å². The van der Waals surface area contributed by atoms with Crippen LogP contribution in [0.4, 0.5) is 0 Å². The Labute approximate surface area is 116 Å². The third-order valence-electron chi connectivity index (χ3n) is 3.54. The molecule has 106 valence electrons. The van der Waals surface area contributed by atoms with Crippen molar-refractivity contribution in [1.29, 1.82) is 0 Å². The number of benzene rings is 1. The van der Waals surface area contributed by atoms with Gasteiger partial charge in [0, 0.05) is 12.1 Å². The molecule has 1 amide bonds. The Kier molecular flexibility index (Phi) is 5.51. The highest BCUT2D eigenvalue weighted by Crippen LogP contribution is 2.08. The van der Waals surface area contributed by atoms with Crippen LogP contribution in [-0.4, -0.2) is 43.0 Å². The molecule has 1 rings (SSSR count). The van der Waals surface area contributed by atoms with Crippen molar-refractivity contribution in [3.8, 4) is 0 Å². The van der Waals surface area contributed by atoms with E-state index < -0.39 is 6.04 Å². The van der Waals surface area contributed by atoms with Crippen molar-refractivity contribution >= 4 is 5.91 Å². The second kappa shape index (κ2) is 6.68. The summed E-state index contributed by atoms with van der Waals surface area (Å²) in [5.74, 6) is -0.0984. The molecule has 4 nitrogen and oxygen atoms in total. The van der Waals surface area contributed by atoms with Crippen molar-refractivity contribution in [3.05, 3.63) is 35.9 Å². The second-order valence-electron chi connectivity index (χ2n) is 5.72. The molecule has 0 aliphatic rings. The summed E-state index contributed by atoms with van der Waals surface area (Å²) in [7, 11) is 3.99. The minimum absolute atomic E-state index is 0.0812. The molecule has 1 aromatic rings. The molecule has 19 heavy (non-hydrogen) atoms. The van der Waals surface area contributed by atoms with Gasteiger partial charge in [-0.05, 0) is 39.9 Å². The Hall–Kier alpha value is -1.39. The molecule has 0 spiro atoms. The number of nitrogens with two attached hydrogens (primary N) is 1. The zero-order valence-corrected chi connectivity index (χ0v) is 12.3. The summed E-state index contributed by atoms with van der Waals surface area (Å²) in [6, 6.07) is 9.33. The van der Waals surface area contributed by atoms with Crippen LogP contribution in [0.3, 0.4) is 0 Å². The average Bonchev–Trinajstić information content (AvgIpc) is 2.37. The van der Waals surface area contributed by atoms with Crippen LogP contribution in [0.25, 0.3) is 0 Å². The first kappa shape index (κ1) is 15.7. The van der Waals surface area contributed by atoms with Crippen molar-refractivity contribution in [2.45, 2.75) is 31.8 Å². The number of likely N-dealkylation sites (N-methyl/N-ethyl adjacent to an activating group) is 1. The standard InChI is InChI=1S/C15H25N3O/c1-15(2,18(3)4)11-17-14(19)13(16)10-12-8-6-5-7-9-12/h5-9,13H,10-11,16H2,1-4H3,(H,17,19)/t13-/m1/s1. The van der Waals surface area contributed by atoms with Gasteiger partial charge in [0.1, 0.15) is 0 Å². The van der Waals surface area contributed by atoms with Crippen LogP contribution in [0.2, 0.25) is 0 Å². The van der Waals surface area contributed by atoms with Gasteiger partial charge in [-0.3, -0.25) is 4.79 Å². The molecule has 0 aromatic heterocycles. The van der Waals surface area contributed by atoms with Gasteiger partial charge in [-0.2, -0.15) is 0 Å². The zero-order chi connectivity index (χ0) is 14.5. The molecule has 0 bridgehead atoms. The van der Waals surface area contributed by atoms with Crippen LogP contribution < -0.4 is 11.1 Å². The second-order valence-corrected chi connectivity index (χ2v) is 5.72. The molecule has 0 unspecified atom stereocenters. The fourth-order valence-corrected chi connectivity index (χ4v) is 1.55. The van der Waals surface area contributed by atoms with Gasteiger partial charge in [0.15, 0.2) is 0 Å². The molecule has 0 aliphatic heterocycles. The SMILES string of the molecule is CN(C)C(C)(C)CNC(=O)[C@H](N)Cc1ccccc1. The van der Waals surface area contributed by atoms with Gasteiger partial charge in [0.05, 0.1) is 6.04 Å². The van der Waals surface area contributed by atoms with Crippen LogP contribution in [0.15, 0.2) is 30.3 Å². The quantitative estimate of drug-likeness (QED) is 0.805. The van der Waals surface area contributed by atoms with Crippen molar-refractivity contribution < 1.29 is 4.79 Å². The minimum atomic E-state index is -0.500. The highest BCUT2D eigenvalue weighted by Gasteiger charge is 2.22. The fourth-order valence-electron chi connectivity index (χ4n) is 1.55. The summed E-state index contributed by atoms with van der Waals surface area (Å²) in [5.41, 5.74) is 6.93. The van der Waals surface area contributed by atoms with Gasteiger partial charge < -0.3 is 16.0 Å². The van der Waals surface area contributed by atoms with E-state index in [1.54, 1.807) is 0 Å². The lowest BCUT2D eigenvalue weighted by Gasteiger charge is -2.33. The van der Waals surface area contributed by atoms with Crippen LogP contribution in [0.5, 0.6) is 0 Å². The van der Waals surface area contributed by atoms with E-state index in [1.165, 1.54) is 0 Å². The molecule has 0 radical (unpaired) electrons. The largest absolute Gasteiger partial charge is 0.353 e. The maximum atomic E-state index is 12.0. The highest BCUT2D eigenvalue weighted by atomic mass is 16.2. The molecule has 0 fully saturated rings. The molecule has 1 aromatic carbocycles. The Morgan fingerprint density at radius 2 is 1.89 bits per heavy atom. The summed E-state index contributed by atoms with van der Waals surface area (Å²) in [5, 5.41) is 2.92. The summed E-state index contributed by atoms with van der Waals surface area (Å²) in [6.07, 6.45) is 0.565. The number of hydrogen-bond donors (Lipinski definition) is 2. The van der Waals surface area contributed by atoms with Gasteiger partial charge >= 0.3 is 0 Å². The molecule has 1 atom stereocenters. The van der Waals surface area contributed by atoms with Crippen molar-refractivity contribution in [1.82, 2.24) is 10.2 Å². The van der Waals surface area contributed by atoms with Gasteiger partial charge in [-0.15, -0.1) is 0 Å². The van der Waals surface area contributed by atoms with Gasteiger partial charge in [-0.1, -0.05) is 30.3 Å². The molecule has 0 saturated carbocycles. The molecule has 0 aliphatic carbocycles. The first-order valence-corrected chi connectivity index (χ1v) is 6.57. The number of nitrogens with zero attached hydrogens (tertiary/aromatic N) is 1. The summed E-state index contributed by atoms with van der Waals surface area (Å²) in [6.45, 7) is 4.74. The van der Waals surface area contributed by atoms with Crippen LogP contribution in [0, 0.1) is 0 Å². The van der Waals surface area contributed by atoms with E-state index in [1.807, 2.05) is 44.4 Å². The van der Waals surface area contributed by atoms with Crippen LogP contribution in [-0.2, 0) is 11.2 Å². The normalized spacial score (nSPS) is 13.4.